The fourth-order valence-electron chi connectivity index (χ4n) is 4.03. The van der Waals surface area contributed by atoms with Crippen LogP contribution in [0.5, 0.6) is 11.5 Å². The molecule has 0 amide bonds. The number of hydrogen-bond donors (Lipinski definition) is 3. The van der Waals surface area contributed by atoms with Crippen LogP contribution in [0, 0.1) is 13.8 Å². The van der Waals surface area contributed by atoms with E-state index in [1.165, 1.54) is 36.4 Å². The van der Waals surface area contributed by atoms with Gasteiger partial charge < -0.3 is 9.84 Å². The van der Waals surface area contributed by atoms with Gasteiger partial charge in [0.2, 0.25) is 0 Å². The van der Waals surface area contributed by atoms with Crippen LogP contribution in [0.3, 0.4) is 0 Å². The lowest BCUT2D eigenvalue weighted by Gasteiger charge is -2.24. The number of carbonyl (C=O) groups is 1. The van der Waals surface area contributed by atoms with E-state index in [0.29, 0.717) is 10.4 Å². The quantitative estimate of drug-likeness (QED) is 0.167. The molecule has 0 heterocycles. The lowest BCUT2D eigenvalue weighted by molar-refractivity contribution is -0.137. The first-order chi connectivity index (χ1) is 19.8. The highest BCUT2D eigenvalue weighted by molar-refractivity contribution is 7.81. The molecule has 0 saturated carbocycles. The topological polar surface area (TPSA) is 128 Å². The van der Waals surface area contributed by atoms with Gasteiger partial charge in [0.1, 0.15) is 11.5 Å². The van der Waals surface area contributed by atoms with Crippen molar-refractivity contribution in [2.75, 3.05) is 8.61 Å². The molecule has 2 unspecified atom stereocenters. The summed E-state index contributed by atoms with van der Waals surface area (Å²) in [7, 11) is 0. The minimum Gasteiger partial charge on any atom is -0.478 e. The van der Waals surface area contributed by atoms with Crippen LogP contribution in [0.2, 0.25) is 0 Å². The van der Waals surface area contributed by atoms with Crippen LogP contribution in [0.4, 0.5) is 35.9 Å². The molecule has 0 radical (unpaired) electrons. The molecule has 0 spiro atoms. The molecule has 14 heteroatoms. The zero-order valence-electron chi connectivity index (χ0n) is 21.9. The lowest BCUT2D eigenvalue weighted by Crippen LogP contribution is -2.23. The van der Waals surface area contributed by atoms with Gasteiger partial charge in [-0.15, -0.1) is 0 Å². The summed E-state index contributed by atoms with van der Waals surface area (Å²) in [4.78, 5) is 12.1. The monoisotopic (exact) mass is 620 g/mol. The van der Waals surface area contributed by atoms with E-state index in [-0.39, 0.29) is 28.6 Å². The largest absolute Gasteiger partial charge is 0.478 e. The average Bonchev–Trinajstić information content (AvgIpc) is 2.91. The van der Waals surface area contributed by atoms with Crippen LogP contribution >= 0.6 is 0 Å². The molecular formula is C28H23F3N2O7S2. The van der Waals surface area contributed by atoms with E-state index < -0.39 is 51.5 Å². The molecule has 2 atom stereocenters. The van der Waals surface area contributed by atoms with E-state index in [1.54, 1.807) is 38.1 Å². The van der Waals surface area contributed by atoms with Crippen LogP contribution < -0.4 is 13.3 Å². The Labute approximate surface area is 243 Å². The third-order valence-corrected chi connectivity index (χ3v) is 7.43. The summed E-state index contributed by atoms with van der Waals surface area (Å²) in [5.41, 5.74) is -0.583. The van der Waals surface area contributed by atoms with E-state index >= 15 is 0 Å². The third kappa shape index (κ3) is 6.79. The number of alkyl halides is 3. The second-order valence-corrected chi connectivity index (χ2v) is 10.6. The van der Waals surface area contributed by atoms with Crippen LogP contribution in [0.25, 0.3) is 0 Å². The fraction of sp³-hybridized carbons (Fsp3) is 0.107. The Bertz CT molecular complexity index is 1660. The van der Waals surface area contributed by atoms with Crippen molar-refractivity contribution in [1.29, 1.82) is 0 Å². The van der Waals surface area contributed by atoms with Gasteiger partial charge in [-0.3, -0.25) is 9.11 Å². The Hall–Kier alpha value is -4.24. The standard InChI is InChI=1S/C28H23F3N2O7S2/c1-17-3-7-19(8-4-17)32(41(36)37)25-13-11-21(15-23(25)27(34)35)40-22-12-14-26(24(16-22)28(29,30)31)33(42(38)39)20-9-5-18(2)6-10-20/h3-16H,1-2H3,(H,34,35)(H,36,37)(H,38,39). The predicted molar refractivity (Wildman–Crippen MR) is 153 cm³/mol. The van der Waals surface area contributed by atoms with Gasteiger partial charge in [-0.05, 0) is 74.5 Å². The van der Waals surface area contributed by atoms with Gasteiger partial charge in [0.15, 0.2) is 0 Å². The van der Waals surface area contributed by atoms with E-state index in [2.05, 4.69) is 0 Å². The highest BCUT2D eigenvalue weighted by Crippen LogP contribution is 2.43. The Morgan fingerprint density at radius 2 is 1.14 bits per heavy atom. The van der Waals surface area contributed by atoms with Crippen molar-refractivity contribution >= 4 is 51.3 Å². The first-order valence-electron chi connectivity index (χ1n) is 12.0. The molecule has 42 heavy (non-hydrogen) atoms. The van der Waals surface area contributed by atoms with E-state index in [1.807, 2.05) is 0 Å². The molecule has 0 aliphatic heterocycles. The first-order valence-corrected chi connectivity index (χ1v) is 14.1. The average molecular weight is 621 g/mol. The fourth-order valence-corrected chi connectivity index (χ4v) is 5.29. The highest BCUT2D eigenvalue weighted by Gasteiger charge is 2.37. The normalized spacial score (nSPS) is 12.8. The molecule has 0 aliphatic carbocycles. The summed E-state index contributed by atoms with van der Waals surface area (Å²) in [6, 6.07) is 18.5. The number of aryl methyl sites for hydroxylation is 2. The smallest absolute Gasteiger partial charge is 0.418 e. The zero-order chi connectivity index (χ0) is 30.8. The summed E-state index contributed by atoms with van der Waals surface area (Å²) in [5.74, 6) is -2.00. The summed E-state index contributed by atoms with van der Waals surface area (Å²) in [6.45, 7) is 3.56. The van der Waals surface area contributed by atoms with E-state index in [0.717, 1.165) is 33.6 Å². The van der Waals surface area contributed by atoms with Crippen molar-refractivity contribution in [3.05, 3.63) is 107 Å². The van der Waals surface area contributed by atoms with Crippen molar-refractivity contribution in [3.8, 4) is 11.5 Å². The summed E-state index contributed by atoms with van der Waals surface area (Å²) >= 11 is -5.53. The Balaban J connectivity index is 1.75. The van der Waals surface area contributed by atoms with Crippen LogP contribution in [0.1, 0.15) is 27.0 Å². The van der Waals surface area contributed by atoms with Gasteiger partial charge >= 0.3 is 12.1 Å². The van der Waals surface area contributed by atoms with E-state index in [4.69, 9.17) is 4.74 Å². The third-order valence-electron chi connectivity index (χ3n) is 5.99. The van der Waals surface area contributed by atoms with Gasteiger partial charge in [0, 0.05) is 0 Å². The molecule has 3 N–H and O–H groups in total. The zero-order valence-corrected chi connectivity index (χ0v) is 23.5. The Morgan fingerprint density at radius 3 is 1.57 bits per heavy atom. The van der Waals surface area contributed by atoms with Crippen molar-refractivity contribution in [2.24, 2.45) is 0 Å². The molecule has 0 saturated heterocycles. The number of rotatable bonds is 9. The van der Waals surface area contributed by atoms with Gasteiger partial charge in [-0.25, -0.2) is 21.8 Å². The maximum Gasteiger partial charge on any atom is 0.418 e. The second-order valence-electron chi connectivity index (χ2n) is 8.98. The molecule has 4 rings (SSSR count). The SMILES string of the molecule is Cc1ccc(N(c2ccc(Oc3ccc(N(c4ccc(C)cc4)S(=O)O)c(C(F)(F)F)c3)cc2C(=O)O)S(=O)O)cc1. The van der Waals surface area contributed by atoms with E-state index in [9.17, 15) is 40.6 Å². The number of benzene rings is 4. The Morgan fingerprint density at radius 1 is 0.714 bits per heavy atom. The predicted octanol–water partition coefficient (Wildman–Crippen LogP) is 7.36. The minimum absolute atomic E-state index is 0.0432. The summed E-state index contributed by atoms with van der Waals surface area (Å²) in [6.07, 6.45) is -4.97. The van der Waals surface area contributed by atoms with Crippen molar-refractivity contribution in [2.45, 2.75) is 20.0 Å². The van der Waals surface area contributed by atoms with Crippen LogP contribution in [0.15, 0.2) is 84.9 Å². The summed E-state index contributed by atoms with van der Waals surface area (Å²) in [5, 5.41) is 9.83. The van der Waals surface area contributed by atoms with Gasteiger partial charge in [0.05, 0.1) is 33.9 Å². The highest BCUT2D eigenvalue weighted by atomic mass is 32.2. The van der Waals surface area contributed by atoms with Gasteiger partial charge in [0.25, 0.3) is 22.5 Å². The van der Waals surface area contributed by atoms with Crippen molar-refractivity contribution in [1.82, 2.24) is 0 Å². The number of nitrogens with zero attached hydrogens (tertiary/aromatic N) is 2. The number of aromatic carboxylic acids is 1. The minimum atomic E-state index is -4.97. The maximum absolute atomic E-state index is 14.1. The molecule has 0 aromatic heterocycles. The lowest BCUT2D eigenvalue weighted by atomic mass is 10.1. The summed E-state index contributed by atoms with van der Waals surface area (Å²) < 4.78 is 93.6. The Kier molecular flexibility index (Phi) is 9.01. The molecule has 4 aromatic rings. The number of halogens is 3. The maximum atomic E-state index is 14.1. The molecule has 0 aliphatic rings. The van der Waals surface area contributed by atoms with Crippen molar-refractivity contribution in [3.63, 3.8) is 0 Å². The molecule has 220 valence electrons. The molecule has 4 aromatic carbocycles. The van der Waals surface area contributed by atoms with Gasteiger partial charge in [-0.2, -0.15) is 13.2 Å². The number of carboxylic acids is 1. The second kappa shape index (κ2) is 12.3. The van der Waals surface area contributed by atoms with Crippen LogP contribution in [-0.2, 0) is 28.7 Å². The van der Waals surface area contributed by atoms with Crippen LogP contribution in [-0.4, -0.2) is 28.6 Å². The molecular weight excluding hydrogens is 597 g/mol. The number of anilines is 4. The first kappa shape index (κ1) is 30.7. The molecule has 0 fully saturated rings. The number of hydrogen-bond acceptors (Lipinski definition) is 4. The molecule has 9 nitrogen and oxygen atoms in total. The van der Waals surface area contributed by atoms with Gasteiger partial charge in [-0.1, -0.05) is 35.4 Å². The molecule has 0 bridgehead atoms. The number of ether oxygens (including phenoxy) is 1. The number of carboxylic acid groups (broad SMARTS) is 1. The van der Waals surface area contributed by atoms with Crippen molar-refractivity contribution < 1.29 is 45.3 Å².